The van der Waals surface area contributed by atoms with Crippen LogP contribution in [0.4, 0.5) is 0 Å². The van der Waals surface area contributed by atoms with E-state index in [9.17, 15) is 0 Å². The van der Waals surface area contributed by atoms with Crippen LogP contribution in [0.1, 0.15) is 34.5 Å². The van der Waals surface area contributed by atoms with Crippen molar-refractivity contribution < 1.29 is 0 Å². The zero-order chi connectivity index (χ0) is 18.4. The summed E-state index contributed by atoms with van der Waals surface area (Å²) in [4.78, 5) is 11.2. The molecule has 1 aromatic heterocycles. The Morgan fingerprint density at radius 1 is 1.11 bits per heavy atom. The summed E-state index contributed by atoms with van der Waals surface area (Å²) in [7, 11) is 0. The van der Waals surface area contributed by atoms with Crippen molar-refractivity contribution in [1.82, 2.24) is 14.9 Å². The summed E-state index contributed by atoms with van der Waals surface area (Å²) in [5, 5.41) is 0.857. The molecule has 4 heteroatoms. The van der Waals surface area contributed by atoms with E-state index < -0.39 is 0 Å². The van der Waals surface area contributed by atoms with E-state index in [1.165, 1.54) is 40.1 Å². The van der Waals surface area contributed by atoms with Gasteiger partial charge in [0.25, 0.3) is 0 Å². The summed E-state index contributed by atoms with van der Waals surface area (Å²) in [6.45, 7) is 4.22. The molecule has 3 aromatic rings. The fourth-order valence-electron chi connectivity index (χ4n) is 4.61. The number of nitrogens with zero attached hydrogens (tertiary/aromatic N) is 2. The van der Waals surface area contributed by atoms with Crippen molar-refractivity contribution in [2.24, 2.45) is 0 Å². The van der Waals surface area contributed by atoms with E-state index in [2.05, 4.69) is 53.2 Å². The number of hydrogen-bond donors (Lipinski definition) is 1. The second kappa shape index (κ2) is 6.81. The quantitative estimate of drug-likeness (QED) is 0.684. The van der Waals surface area contributed by atoms with Gasteiger partial charge in [-0.1, -0.05) is 41.9 Å². The number of H-pyrrole nitrogens is 1. The molecule has 138 valence electrons. The maximum Gasteiger partial charge on any atom is 0.138 e. The predicted octanol–water partition coefficient (Wildman–Crippen LogP) is 4.95. The van der Waals surface area contributed by atoms with Gasteiger partial charge in [-0.15, -0.1) is 0 Å². The highest BCUT2D eigenvalue weighted by atomic mass is 35.5. The second-order valence-corrected chi connectivity index (χ2v) is 8.29. The maximum absolute atomic E-state index is 6.16. The van der Waals surface area contributed by atoms with Crippen molar-refractivity contribution in [2.75, 3.05) is 6.54 Å². The number of benzene rings is 2. The normalized spacial score (nSPS) is 19.6. The lowest BCUT2D eigenvalue weighted by molar-refractivity contribution is 0.160. The van der Waals surface area contributed by atoms with Gasteiger partial charge in [0, 0.05) is 36.1 Å². The number of aryl methyl sites for hydroxylation is 2. The van der Waals surface area contributed by atoms with E-state index in [-0.39, 0.29) is 0 Å². The maximum atomic E-state index is 6.16. The van der Waals surface area contributed by atoms with E-state index in [0.717, 1.165) is 43.2 Å². The molecule has 0 bridgehead atoms. The van der Waals surface area contributed by atoms with E-state index in [4.69, 9.17) is 16.6 Å². The monoisotopic (exact) mass is 377 g/mol. The minimum atomic E-state index is 0.608. The third-order valence-corrected chi connectivity index (χ3v) is 6.38. The number of aromatic nitrogens is 2. The Morgan fingerprint density at radius 2 is 2.00 bits per heavy atom. The Labute approximate surface area is 165 Å². The predicted molar refractivity (Wildman–Crippen MR) is 110 cm³/mol. The van der Waals surface area contributed by atoms with Crippen LogP contribution in [-0.2, 0) is 25.8 Å². The largest absolute Gasteiger partial charge is 0.341 e. The third-order valence-electron chi connectivity index (χ3n) is 6.15. The van der Waals surface area contributed by atoms with Crippen molar-refractivity contribution in [3.05, 3.63) is 75.6 Å². The molecule has 0 radical (unpaired) electrons. The van der Waals surface area contributed by atoms with Gasteiger partial charge in [-0.2, -0.15) is 0 Å². The number of rotatable bonds is 2. The minimum absolute atomic E-state index is 0.608. The molecule has 5 rings (SSSR count). The molecule has 1 aliphatic heterocycles. The van der Waals surface area contributed by atoms with Crippen LogP contribution in [0.2, 0.25) is 5.02 Å². The van der Waals surface area contributed by atoms with Crippen LogP contribution in [0.25, 0.3) is 11.4 Å². The van der Waals surface area contributed by atoms with Crippen molar-refractivity contribution in [3.63, 3.8) is 0 Å². The highest BCUT2D eigenvalue weighted by molar-refractivity contribution is 6.30. The Hall–Kier alpha value is -2.10. The number of hydrogen-bond acceptors (Lipinski definition) is 2. The molecule has 27 heavy (non-hydrogen) atoms. The SMILES string of the molecule is Cc1ccccc1-c1nc2c([nH]1)CN(C1CCc3cc(Cl)ccc3C1)CC2. The first-order valence-electron chi connectivity index (χ1n) is 9.82. The smallest absolute Gasteiger partial charge is 0.138 e. The lowest BCUT2D eigenvalue weighted by Crippen LogP contribution is -2.42. The standard InChI is InChI=1S/C23H24ClN3/c1-15-4-2-3-5-20(15)23-25-21-10-11-27(14-22(21)26-23)19-9-7-16-12-18(24)8-6-17(16)13-19/h2-6,8,12,19H,7,9-11,13-14H2,1H3,(H,25,26). The fraction of sp³-hybridized carbons (Fsp3) is 0.348. The van der Waals surface area contributed by atoms with Crippen LogP contribution in [0.15, 0.2) is 42.5 Å². The van der Waals surface area contributed by atoms with Crippen LogP contribution in [0, 0.1) is 6.92 Å². The van der Waals surface area contributed by atoms with Gasteiger partial charge < -0.3 is 4.98 Å². The summed E-state index contributed by atoms with van der Waals surface area (Å²) < 4.78 is 0. The van der Waals surface area contributed by atoms with Crippen molar-refractivity contribution in [2.45, 2.75) is 45.2 Å². The van der Waals surface area contributed by atoms with Crippen LogP contribution in [0.5, 0.6) is 0 Å². The molecular weight excluding hydrogens is 354 g/mol. The molecule has 1 atom stereocenters. The van der Waals surface area contributed by atoms with Crippen molar-refractivity contribution >= 4 is 11.6 Å². The topological polar surface area (TPSA) is 31.9 Å². The molecule has 0 amide bonds. The van der Waals surface area contributed by atoms with Crippen molar-refractivity contribution in [1.29, 1.82) is 0 Å². The number of halogens is 1. The van der Waals surface area contributed by atoms with E-state index in [1.54, 1.807) is 0 Å². The number of fused-ring (bicyclic) bond motifs is 2. The Bertz CT molecular complexity index is 991. The molecule has 2 heterocycles. The first-order chi connectivity index (χ1) is 13.2. The van der Waals surface area contributed by atoms with Gasteiger partial charge in [-0.3, -0.25) is 4.90 Å². The Balaban J connectivity index is 1.36. The van der Waals surface area contributed by atoms with Crippen LogP contribution < -0.4 is 0 Å². The van der Waals surface area contributed by atoms with Gasteiger partial charge in [0.1, 0.15) is 5.82 Å². The lowest BCUT2D eigenvalue weighted by Gasteiger charge is -2.37. The molecule has 1 N–H and O–H groups in total. The number of nitrogens with one attached hydrogen (secondary N) is 1. The van der Waals surface area contributed by atoms with Crippen molar-refractivity contribution in [3.8, 4) is 11.4 Å². The van der Waals surface area contributed by atoms with Crippen LogP contribution in [-0.4, -0.2) is 27.5 Å². The average Bonchev–Trinajstić information content (AvgIpc) is 3.11. The highest BCUT2D eigenvalue weighted by Gasteiger charge is 2.29. The summed E-state index contributed by atoms with van der Waals surface area (Å²) in [5.41, 5.74) is 7.91. The Kier molecular flexibility index (Phi) is 4.30. The molecule has 3 nitrogen and oxygen atoms in total. The highest BCUT2D eigenvalue weighted by Crippen LogP contribution is 2.31. The second-order valence-electron chi connectivity index (χ2n) is 7.86. The van der Waals surface area contributed by atoms with E-state index in [0.29, 0.717) is 6.04 Å². The van der Waals surface area contributed by atoms with Crippen LogP contribution in [0.3, 0.4) is 0 Å². The zero-order valence-electron chi connectivity index (χ0n) is 15.6. The summed E-state index contributed by atoms with van der Waals surface area (Å²) in [6.07, 6.45) is 4.49. The molecule has 2 aliphatic rings. The van der Waals surface area contributed by atoms with Gasteiger partial charge in [0.05, 0.1) is 11.4 Å². The molecule has 0 fully saturated rings. The molecule has 0 saturated carbocycles. The Morgan fingerprint density at radius 3 is 2.89 bits per heavy atom. The summed E-state index contributed by atoms with van der Waals surface area (Å²) >= 11 is 6.16. The first-order valence-corrected chi connectivity index (χ1v) is 10.2. The van der Waals surface area contributed by atoms with E-state index >= 15 is 0 Å². The molecule has 1 unspecified atom stereocenters. The molecular formula is C23H24ClN3. The molecule has 0 spiro atoms. The molecule has 0 saturated heterocycles. The van der Waals surface area contributed by atoms with Gasteiger partial charge in [0.2, 0.25) is 0 Å². The van der Waals surface area contributed by atoms with Gasteiger partial charge in [-0.25, -0.2) is 4.98 Å². The summed E-state index contributed by atoms with van der Waals surface area (Å²) in [6, 6.07) is 15.5. The number of imidazole rings is 1. The average molecular weight is 378 g/mol. The molecule has 1 aliphatic carbocycles. The van der Waals surface area contributed by atoms with E-state index in [1.807, 2.05) is 6.07 Å². The summed E-state index contributed by atoms with van der Waals surface area (Å²) in [5.74, 6) is 1.02. The minimum Gasteiger partial charge on any atom is -0.341 e. The van der Waals surface area contributed by atoms with Gasteiger partial charge in [0.15, 0.2) is 0 Å². The van der Waals surface area contributed by atoms with Gasteiger partial charge >= 0.3 is 0 Å². The molecule has 2 aromatic carbocycles. The number of aromatic amines is 1. The zero-order valence-corrected chi connectivity index (χ0v) is 16.4. The van der Waals surface area contributed by atoms with Crippen LogP contribution >= 0.6 is 11.6 Å². The van der Waals surface area contributed by atoms with Gasteiger partial charge in [-0.05, 0) is 55.0 Å². The fourth-order valence-corrected chi connectivity index (χ4v) is 4.80. The third kappa shape index (κ3) is 3.19. The lowest BCUT2D eigenvalue weighted by atomic mass is 9.87. The first kappa shape index (κ1) is 17.0.